The average Bonchev–Trinajstić information content (AvgIpc) is 3.03. The van der Waals surface area contributed by atoms with Crippen LogP contribution in [-0.2, 0) is 14.3 Å². The van der Waals surface area contributed by atoms with Crippen LogP contribution in [-0.4, -0.2) is 37.0 Å². The predicted octanol–water partition coefficient (Wildman–Crippen LogP) is 12.8. The van der Waals surface area contributed by atoms with E-state index < -0.39 is 6.10 Å². The second-order valence-electron chi connectivity index (χ2n) is 13.7. The van der Waals surface area contributed by atoms with Gasteiger partial charge >= 0.3 is 5.97 Å². The normalized spacial score (nSPS) is 12.2. The summed E-state index contributed by atoms with van der Waals surface area (Å²) in [6, 6.07) is 0. The van der Waals surface area contributed by atoms with Crippen molar-refractivity contribution in [3.05, 3.63) is 0 Å². The lowest BCUT2D eigenvalue weighted by atomic mass is 10.0. The number of hydrogen-bond donors (Lipinski definition) is 1. The van der Waals surface area contributed by atoms with E-state index in [0.29, 0.717) is 19.6 Å². The Hall–Kier alpha value is -0.610. The van der Waals surface area contributed by atoms with Crippen LogP contribution in [0.4, 0.5) is 0 Å². The zero-order valence-corrected chi connectivity index (χ0v) is 30.2. The number of ether oxygens (including phenoxy) is 2. The van der Waals surface area contributed by atoms with Crippen molar-refractivity contribution in [1.82, 2.24) is 0 Å². The second kappa shape index (κ2) is 38.6. The summed E-state index contributed by atoms with van der Waals surface area (Å²) in [5, 5.41) is 9.56. The minimum absolute atomic E-state index is 0.163. The average molecular weight is 625 g/mol. The number of esters is 1. The summed E-state index contributed by atoms with van der Waals surface area (Å²) in [6.07, 6.45) is 42.9. The molecule has 0 aliphatic carbocycles. The van der Waals surface area contributed by atoms with Crippen LogP contribution in [0, 0.1) is 0 Å². The van der Waals surface area contributed by atoms with Crippen LogP contribution >= 0.6 is 0 Å². The number of unbranched alkanes of at least 4 members (excludes halogenated alkanes) is 30. The van der Waals surface area contributed by atoms with E-state index in [0.717, 1.165) is 19.3 Å². The number of aliphatic hydroxyl groups is 1. The minimum atomic E-state index is -0.523. The summed E-state index contributed by atoms with van der Waals surface area (Å²) in [4.78, 5) is 12.2. The summed E-state index contributed by atoms with van der Waals surface area (Å²) in [7, 11) is 0. The molecular weight excluding hydrogens is 544 g/mol. The topological polar surface area (TPSA) is 55.8 Å². The molecule has 0 heterocycles. The Bertz CT molecular complexity index is 537. The van der Waals surface area contributed by atoms with Gasteiger partial charge in [-0.25, -0.2) is 0 Å². The van der Waals surface area contributed by atoms with E-state index in [1.807, 2.05) is 0 Å². The fourth-order valence-electron chi connectivity index (χ4n) is 6.15. The third-order valence-corrected chi connectivity index (χ3v) is 9.18. The zero-order valence-electron chi connectivity index (χ0n) is 30.2. The first-order valence-corrected chi connectivity index (χ1v) is 20.1. The van der Waals surface area contributed by atoms with E-state index in [9.17, 15) is 9.90 Å². The molecule has 0 aromatic carbocycles. The SMILES string of the molecule is CCCCCCCCCCCCCCCCCCCCCCC(=O)OC(CO)COCCCCCCCCCCCCCC. The molecule has 4 nitrogen and oxygen atoms in total. The Balaban J connectivity index is 3.35. The fraction of sp³-hybridized carbons (Fsp3) is 0.975. The lowest BCUT2D eigenvalue weighted by molar-refractivity contribution is -0.154. The van der Waals surface area contributed by atoms with Gasteiger partial charge in [-0.05, 0) is 12.8 Å². The molecule has 264 valence electrons. The molecule has 0 saturated heterocycles. The van der Waals surface area contributed by atoms with Gasteiger partial charge in [0.2, 0.25) is 0 Å². The number of aliphatic hydroxyl groups excluding tert-OH is 1. The molecule has 0 radical (unpaired) electrons. The van der Waals surface area contributed by atoms with E-state index in [1.165, 1.54) is 186 Å². The van der Waals surface area contributed by atoms with E-state index in [4.69, 9.17) is 9.47 Å². The van der Waals surface area contributed by atoms with Crippen molar-refractivity contribution in [3.63, 3.8) is 0 Å². The van der Waals surface area contributed by atoms with Crippen LogP contribution < -0.4 is 0 Å². The van der Waals surface area contributed by atoms with Gasteiger partial charge in [0.05, 0.1) is 13.2 Å². The molecule has 0 aromatic heterocycles. The third-order valence-electron chi connectivity index (χ3n) is 9.18. The highest BCUT2D eigenvalue weighted by molar-refractivity contribution is 5.69. The molecule has 1 unspecified atom stereocenters. The largest absolute Gasteiger partial charge is 0.457 e. The van der Waals surface area contributed by atoms with E-state index >= 15 is 0 Å². The van der Waals surface area contributed by atoms with Crippen molar-refractivity contribution in [2.24, 2.45) is 0 Å². The van der Waals surface area contributed by atoms with Gasteiger partial charge < -0.3 is 14.6 Å². The highest BCUT2D eigenvalue weighted by Crippen LogP contribution is 2.16. The predicted molar refractivity (Wildman–Crippen MR) is 191 cm³/mol. The number of carbonyl (C=O) groups is 1. The van der Waals surface area contributed by atoms with Gasteiger partial charge in [-0.1, -0.05) is 206 Å². The van der Waals surface area contributed by atoms with Crippen LogP contribution in [0.5, 0.6) is 0 Å². The summed E-state index contributed by atoms with van der Waals surface area (Å²) in [5.41, 5.74) is 0. The summed E-state index contributed by atoms with van der Waals surface area (Å²) in [6.45, 7) is 5.39. The Labute approximate surface area is 276 Å². The molecular formula is C40H80O4. The molecule has 0 saturated carbocycles. The van der Waals surface area contributed by atoms with Crippen molar-refractivity contribution in [3.8, 4) is 0 Å². The molecule has 0 bridgehead atoms. The third kappa shape index (κ3) is 35.9. The lowest BCUT2D eigenvalue weighted by Crippen LogP contribution is -2.27. The molecule has 0 aliphatic heterocycles. The molecule has 0 rings (SSSR count). The first-order chi connectivity index (χ1) is 21.7. The Morgan fingerprint density at radius 3 is 1.07 bits per heavy atom. The van der Waals surface area contributed by atoms with Crippen molar-refractivity contribution in [2.75, 3.05) is 19.8 Å². The maximum absolute atomic E-state index is 12.2. The Morgan fingerprint density at radius 2 is 0.750 bits per heavy atom. The fourth-order valence-corrected chi connectivity index (χ4v) is 6.15. The molecule has 1 atom stereocenters. The standard InChI is InChI=1S/C40H80O4/c1-3-5-7-9-11-13-15-17-18-19-20-21-22-23-24-25-27-29-31-33-35-40(42)44-39(37-41)38-43-36-34-32-30-28-26-16-14-12-10-8-6-4-2/h39,41H,3-38H2,1-2H3. The highest BCUT2D eigenvalue weighted by Gasteiger charge is 2.13. The summed E-state index contributed by atoms with van der Waals surface area (Å²) < 4.78 is 11.1. The van der Waals surface area contributed by atoms with Gasteiger partial charge in [0, 0.05) is 13.0 Å². The molecule has 0 aliphatic rings. The minimum Gasteiger partial charge on any atom is -0.457 e. The molecule has 44 heavy (non-hydrogen) atoms. The van der Waals surface area contributed by atoms with Crippen LogP contribution in [0.25, 0.3) is 0 Å². The number of carbonyl (C=O) groups excluding carboxylic acids is 1. The second-order valence-corrected chi connectivity index (χ2v) is 13.7. The van der Waals surface area contributed by atoms with Gasteiger partial charge in [0.1, 0.15) is 6.10 Å². The van der Waals surface area contributed by atoms with Gasteiger partial charge in [-0.15, -0.1) is 0 Å². The first-order valence-electron chi connectivity index (χ1n) is 20.1. The van der Waals surface area contributed by atoms with Crippen molar-refractivity contribution in [2.45, 2.75) is 232 Å². The van der Waals surface area contributed by atoms with Crippen LogP contribution in [0.15, 0.2) is 0 Å². The van der Waals surface area contributed by atoms with Crippen LogP contribution in [0.2, 0.25) is 0 Å². The molecule has 1 N–H and O–H groups in total. The maximum atomic E-state index is 12.2. The van der Waals surface area contributed by atoms with E-state index in [2.05, 4.69) is 13.8 Å². The van der Waals surface area contributed by atoms with E-state index in [-0.39, 0.29) is 12.6 Å². The van der Waals surface area contributed by atoms with Crippen molar-refractivity contribution >= 4 is 5.97 Å². The first kappa shape index (κ1) is 43.4. The van der Waals surface area contributed by atoms with Gasteiger partial charge in [-0.3, -0.25) is 4.79 Å². The van der Waals surface area contributed by atoms with Crippen LogP contribution in [0.3, 0.4) is 0 Å². The smallest absolute Gasteiger partial charge is 0.306 e. The molecule has 4 heteroatoms. The highest BCUT2D eigenvalue weighted by atomic mass is 16.6. The quantitative estimate of drug-likeness (QED) is 0.0548. The Morgan fingerprint density at radius 1 is 0.455 bits per heavy atom. The van der Waals surface area contributed by atoms with Crippen molar-refractivity contribution in [1.29, 1.82) is 0 Å². The van der Waals surface area contributed by atoms with Gasteiger partial charge in [0.25, 0.3) is 0 Å². The number of hydrogen-bond acceptors (Lipinski definition) is 4. The van der Waals surface area contributed by atoms with Crippen molar-refractivity contribution < 1.29 is 19.4 Å². The van der Waals surface area contributed by atoms with Crippen LogP contribution in [0.1, 0.15) is 226 Å². The molecule has 0 amide bonds. The lowest BCUT2D eigenvalue weighted by Gasteiger charge is -2.16. The van der Waals surface area contributed by atoms with Gasteiger partial charge in [0.15, 0.2) is 0 Å². The number of rotatable bonds is 38. The summed E-state index contributed by atoms with van der Waals surface area (Å²) in [5.74, 6) is -0.194. The summed E-state index contributed by atoms with van der Waals surface area (Å²) >= 11 is 0. The van der Waals surface area contributed by atoms with Gasteiger partial charge in [-0.2, -0.15) is 0 Å². The van der Waals surface area contributed by atoms with E-state index in [1.54, 1.807) is 0 Å². The maximum Gasteiger partial charge on any atom is 0.306 e. The zero-order chi connectivity index (χ0) is 32.0. The monoisotopic (exact) mass is 625 g/mol. The molecule has 0 spiro atoms. The molecule has 0 fully saturated rings. The Kier molecular flexibility index (Phi) is 38.0. The molecule has 0 aromatic rings.